The number of carboxylic acids is 1. The SMILES string of the molecule is O=C(O)C1(c2ccc3c(cnn3-c3cc(O)c(F)c(F)c3)c2)CCN(CS(=O)O)CC1. The number of hydrogen-bond acceptors (Lipinski definition) is 5. The second-order valence-corrected chi connectivity index (χ2v) is 8.45. The van der Waals surface area contributed by atoms with Crippen LogP contribution in [0.15, 0.2) is 36.5 Å². The van der Waals surface area contributed by atoms with Crippen LogP contribution in [0.5, 0.6) is 5.75 Å². The van der Waals surface area contributed by atoms with Crippen LogP contribution in [0.25, 0.3) is 16.6 Å². The van der Waals surface area contributed by atoms with E-state index in [1.165, 1.54) is 10.9 Å². The van der Waals surface area contributed by atoms with Gasteiger partial charge in [-0.25, -0.2) is 13.3 Å². The zero-order valence-electron chi connectivity index (χ0n) is 16.2. The minimum atomic E-state index is -1.98. The average molecular weight is 451 g/mol. The molecule has 1 aliphatic rings. The molecule has 0 aliphatic carbocycles. The van der Waals surface area contributed by atoms with Crippen LogP contribution in [-0.2, 0) is 21.3 Å². The molecular weight excluding hydrogens is 432 g/mol. The van der Waals surface area contributed by atoms with Crippen LogP contribution < -0.4 is 0 Å². The summed E-state index contributed by atoms with van der Waals surface area (Å²) in [5.41, 5.74) is 0.0782. The summed E-state index contributed by atoms with van der Waals surface area (Å²) in [5, 5.41) is 24.3. The molecule has 3 aromatic rings. The van der Waals surface area contributed by atoms with Gasteiger partial charge in [-0.2, -0.15) is 9.49 Å². The van der Waals surface area contributed by atoms with Crippen molar-refractivity contribution in [2.75, 3.05) is 19.0 Å². The highest BCUT2D eigenvalue weighted by atomic mass is 32.2. The largest absolute Gasteiger partial charge is 0.505 e. The highest BCUT2D eigenvalue weighted by Crippen LogP contribution is 2.37. The molecule has 1 fully saturated rings. The third kappa shape index (κ3) is 3.80. The van der Waals surface area contributed by atoms with Gasteiger partial charge in [0.2, 0.25) is 0 Å². The Morgan fingerprint density at radius 1 is 1.19 bits per heavy atom. The van der Waals surface area contributed by atoms with E-state index in [2.05, 4.69) is 5.10 Å². The van der Waals surface area contributed by atoms with Gasteiger partial charge in [-0.1, -0.05) is 6.07 Å². The number of nitrogens with zero attached hydrogens (tertiary/aromatic N) is 3. The van der Waals surface area contributed by atoms with Crippen molar-refractivity contribution in [2.24, 2.45) is 0 Å². The number of likely N-dealkylation sites (tertiary alicyclic amines) is 1. The molecule has 2 heterocycles. The zero-order valence-corrected chi connectivity index (χ0v) is 17.0. The number of benzene rings is 2. The van der Waals surface area contributed by atoms with Gasteiger partial charge in [-0.15, -0.1) is 0 Å². The topological polar surface area (TPSA) is 116 Å². The number of phenolic OH excluding ortho intramolecular Hbond substituents is 1. The predicted molar refractivity (Wildman–Crippen MR) is 108 cm³/mol. The average Bonchev–Trinajstić information content (AvgIpc) is 3.15. The fourth-order valence-corrected chi connectivity index (χ4v) is 4.64. The molecule has 1 aliphatic heterocycles. The number of halogens is 2. The van der Waals surface area contributed by atoms with Crippen LogP contribution in [0, 0.1) is 11.6 Å². The van der Waals surface area contributed by atoms with Crippen molar-refractivity contribution in [3.63, 3.8) is 0 Å². The van der Waals surface area contributed by atoms with Crippen LogP contribution >= 0.6 is 0 Å². The lowest BCUT2D eigenvalue weighted by molar-refractivity contribution is -0.145. The van der Waals surface area contributed by atoms with Gasteiger partial charge in [0.05, 0.1) is 22.8 Å². The normalized spacial score (nSPS) is 17.6. The Bertz CT molecular complexity index is 1170. The molecule has 0 amide bonds. The van der Waals surface area contributed by atoms with Gasteiger partial charge in [0, 0.05) is 30.6 Å². The number of fused-ring (bicyclic) bond motifs is 1. The smallest absolute Gasteiger partial charge is 0.314 e. The number of aromatic hydroxyl groups is 1. The second kappa shape index (κ2) is 7.98. The molecule has 1 saturated heterocycles. The molecule has 8 nitrogen and oxygen atoms in total. The molecule has 0 radical (unpaired) electrons. The van der Waals surface area contributed by atoms with Gasteiger partial charge in [-0.05, 0) is 30.5 Å². The summed E-state index contributed by atoms with van der Waals surface area (Å²) in [6.45, 7) is 0.730. The van der Waals surface area contributed by atoms with Crippen LogP contribution in [0.1, 0.15) is 18.4 Å². The highest BCUT2D eigenvalue weighted by molar-refractivity contribution is 7.79. The van der Waals surface area contributed by atoms with Crippen molar-refractivity contribution in [1.82, 2.24) is 14.7 Å². The summed E-state index contributed by atoms with van der Waals surface area (Å²) < 4.78 is 48.5. The van der Waals surface area contributed by atoms with Gasteiger partial charge in [0.1, 0.15) is 5.88 Å². The van der Waals surface area contributed by atoms with Crippen molar-refractivity contribution >= 4 is 28.0 Å². The number of carbonyl (C=O) groups is 1. The maximum Gasteiger partial charge on any atom is 0.314 e. The molecule has 4 rings (SSSR count). The van der Waals surface area contributed by atoms with E-state index in [4.69, 9.17) is 4.55 Å². The predicted octanol–water partition coefficient (Wildman–Crippen LogP) is 2.61. The molecule has 0 bridgehead atoms. The van der Waals surface area contributed by atoms with E-state index in [1.807, 2.05) is 0 Å². The first-order valence-electron chi connectivity index (χ1n) is 9.41. The van der Waals surface area contributed by atoms with E-state index < -0.39 is 39.8 Å². The summed E-state index contributed by atoms with van der Waals surface area (Å²) in [6.07, 6.45) is 2.03. The first-order chi connectivity index (χ1) is 14.7. The summed E-state index contributed by atoms with van der Waals surface area (Å²) in [4.78, 5) is 14.0. The van der Waals surface area contributed by atoms with Gasteiger partial charge >= 0.3 is 5.97 Å². The number of aliphatic carboxylic acids is 1. The molecule has 1 atom stereocenters. The van der Waals surface area contributed by atoms with Crippen LogP contribution in [-0.4, -0.2) is 58.6 Å². The van der Waals surface area contributed by atoms with Crippen molar-refractivity contribution in [3.8, 4) is 11.4 Å². The zero-order chi connectivity index (χ0) is 22.3. The van der Waals surface area contributed by atoms with E-state index in [0.29, 0.717) is 29.6 Å². The Morgan fingerprint density at radius 2 is 1.90 bits per heavy atom. The summed E-state index contributed by atoms with van der Waals surface area (Å²) in [6, 6.07) is 6.98. The van der Waals surface area contributed by atoms with Gasteiger partial charge < -0.3 is 14.8 Å². The van der Waals surface area contributed by atoms with E-state index in [0.717, 1.165) is 12.1 Å². The number of hydrogen-bond donors (Lipinski definition) is 3. The first kappa shape index (κ1) is 21.3. The minimum Gasteiger partial charge on any atom is -0.505 e. The molecule has 3 N–H and O–H groups in total. The lowest BCUT2D eigenvalue weighted by Crippen LogP contribution is -2.48. The Morgan fingerprint density at radius 3 is 2.52 bits per heavy atom. The first-order valence-corrected chi connectivity index (χ1v) is 10.7. The number of carboxylic acid groups (broad SMARTS) is 1. The van der Waals surface area contributed by atoms with Gasteiger partial charge in [0.25, 0.3) is 0 Å². The molecule has 31 heavy (non-hydrogen) atoms. The quantitative estimate of drug-likeness (QED) is 0.511. The van der Waals surface area contributed by atoms with E-state index >= 15 is 0 Å². The van der Waals surface area contributed by atoms with Crippen molar-refractivity contribution in [3.05, 3.63) is 53.7 Å². The Hall–Kier alpha value is -2.89. The second-order valence-electron chi connectivity index (χ2n) is 7.55. The molecule has 164 valence electrons. The third-order valence-corrected chi connectivity index (χ3v) is 6.36. The van der Waals surface area contributed by atoms with Crippen molar-refractivity contribution in [2.45, 2.75) is 18.3 Å². The van der Waals surface area contributed by atoms with Crippen molar-refractivity contribution in [1.29, 1.82) is 0 Å². The number of piperidine rings is 1. The van der Waals surface area contributed by atoms with Crippen LogP contribution in [0.3, 0.4) is 0 Å². The monoisotopic (exact) mass is 451 g/mol. The molecule has 1 aromatic heterocycles. The lowest BCUT2D eigenvalue weighted by Gasteiger charge is -2.38. The molecule has 2 aromatic carbocycles. The molecular formula is C20H19F2N3O5S. The third-order valence-electron chi connectivity index (χ3n) is 5.77. The van der Waals surface area contributed by atoms with E-state index in [1.54, 1.807) is 23.1 Å². The van der Waals surface area contributed by atoms with E-state index in [-0.39, 0.29) is 24.4 Å². The molecule has 0 spiro atoms. The number of aromatic nitrogens is 2. The van der Waals surface area contributed by atoms with Gasteiger partial charge in [0.15, 0.2) is 28.5 Å². The standard InChI is InChI=1S/C20H19F2N3O5S/c21-15-8-14(9-17(26)18(15)22)25-16-2-1-13(7-12(16)10-23-25)20(19(27)28)3-5-24(6-4-20)11-31(29)30/h1-2,7-10,26H,3-6,11H2,(H,27,28)(H,29,30). The fourth-order valence-electron chi connectivity index (χ4n) is 4.07. The molecule has 1 unspecified atom stereocenters. The number of phenols is 1. The Kier molecular flexibility index (Phi) is 5.50. The van der Waals surface area contributed by atoms with Crippen LogP contribution in [0.4, 0.5) is 8.78 Å². The highest BCUT2D eigenvalue weighted by Gasteiger charge is 2.43. The van der Waals surface area contributed by atoms with Gasteiger partial charge in [-0.3, -0.25) is 9.69 Å². The number of rotatable bonds is 5. The van der Waals surface area contributed by atoms with Crippen molar-refractivity contribution < 1.29 is 32.6 Å². The van der Waals surface area contributed by atoms with Crippen LogP contribution in [0.2, 0.25) is 0 Å². The molecule has 0 saturated carbocycles. The lowest BCUT2D eigenvalue weighted by atomic mass is 9.72. The van der Waals surface area contributed by atoms with E-state index in [9.17, 15) is 28.0 Å². The fraction of sp³-hybridized carbons (Fsp3) is 0.300. The Balaban J connectivity index is 1.70. The summed E-state index contributed by atoms with van der Waals surface area (Å²) in [7, 11) is 0. The Labute approximate surface area is 178 Å². The summed E-state index contributed by atoms with van der Waals surface area (Å²) in [5.74, 6) is -4.40. The molecule has 11 heteroatoms. The maximum absolute atomic E-state index is 13.7. The summed E-state index contributed by atoms with van der Waals surface area (Å²) >= 11 is -1.98. The maximum atomic E-state index is 13.7. The minimum absolute atomic E-state index is 0.0252.